The van der Waals surface area contributed by atoms with Crippen molar-refractivity contribution in [2.24, 2.45) is 0 Å². The smallest absolute Gasteiger partial charge is 0.175 e. The Labute approximate surface area is 317 Å². The summed E-state index contributed by atoms with van der Waals surface area (Å²) in [5.41, 5.74) is 15.7. The molecule has 0 aliphatic carbocycles. The van der Waals surface area contributed by atoms with Crippen molar-refractivity contribution in [2.75, 3.05) is 9.80 Å². The first-order valence-corrected chi connectivity index (χ1v) is 18.6. The largest absolute Gasteiger partial charge is 0.451 e. The van der Waals surface area contributed by atoms with Crippen molar-refractivity contribution in [3.05, 3.63) is 205 Å². The maximum atomic E-state index is 7.14. The molecule has 3 nitrogen and oxygen atoms in total. The molecule has 2 aliphatic heterocycles. The summed E-state index contributed by atoms with van der Waals surface area (Å²) in [5, 5.41) is 0. The predicted octanol–water partition coefficient (Wildman–Crippen LogP) is 14.4. The zero-order valence-corrected chi connectivity index (χ0v) is 30.3. The first-order valence-electron chi connectivity index (χ1n) is 18.6. The monoisotopic (exact) mass is 694 g/mol. The number of rotatable bonds is 6. The van der Waals surface area contributed by atoms with E-state index in [4.69, 9.17) is 4.74 Å². The lowest BCUT2D eigenvalue weighted by Gasteiger charge is -2.45. The Morgan fingerprint density at radius 3 is 1.74 bits per heavy atom. The highest BCUT2D eigenvalue weighted by molar-refractivity contribution is 5.99. The van der Waals surface area contributed by atoms with Gasteiger partial charge in [0.15, 0.2) is 11.5 Å². The molecule has 2 aliphatic rings. The summed E-state index contributed by atoms with van der Waals surface area (Å²) in [6.07, 6.45) is 0. The van der Waals surface area contributed by atoms with Crippen molar-refractivity contribution in [1.29, 1.82) is 0 Å². The van der Waals surface area contributed by atoms with Crippen LogP contribution in [-0.4, -0.2) is 0 Å². The summed E-state index contributed by atoms with van der Waals surface area (Å²) in [6, 6.07) is 69.4. The van der Waals surface area contributed by atoms with Crippen molar-refractivity contribution < 1.29 is 4.74 Å². The van der Waals surface area contributed by atoms with Crippen molar-refractivity contribution in [2.45, 2.75) is 19.3 Å². The first-order chi connectivity index (χ1) is 26.6. The molecule has 0 fully saturated rings. The van der Waals surface area contributed by atoms with Crippen LogP contribution in [-0.2, 0) is 5.41 Å². The fourth-order valence-electron chi connectivity index (χ4n) is 8.35. The van der Waals surface area contributed by atoms with Crippen LogP contribution < -0.4 is 14.5 Å². The Bertz CT molecular complexity index is 2650. The molecule has 0 saturated carbocycles. The van der Waals surface area contributed by atoms with Crippen molar-refractivity contribution in [3.63, 3.8) is 0 Å². The number of ether oxygens (including phenoxy) is 1. The Morgan fingerprint density at radius 1 is 0.444 bits per heavy atom. The zero-order chi connectivity index (χ0) is 36.2. The molecule has 0 aromatic heterocycles. The topological polar surface area (TPSA) is 15.7 Å². The van der Waals surface area contributed by atoms with Gasteiger partial charge in [-0.05, 0) is 87.5 Å². The van der Waals surface area contributed by atoms with E-state index in [1.54, 1.807) is 0 Å². The molecule has 0 unspecified atom stereocenters. The van der Waals surface area contributed by atoms with Crippen molar-refractivity contribution in [3.8, 4) is 44.9 Å². The van der Waals surface area contributed by atoms with Gasteiger partial charge in [-0.1, -0.05) is 159 Å². The lowest BCUT2D eigenvalue weighted by atomic mass is 9.72. The average Bonchev–Trinajstić information content (AvgIpc) is 3.24. The van der Waals surface area contributed by atoms with Crippen molar-refractivity contribution >= 4 is 34.1 Å². The molecule has 8 aromatic rings. The van der Waals surface area contributed by atoms with E-state index in [1.165, 1.54) is 39.1 Å². The van der Waals surface area contributed by atoms with Crippen LogP contribution in [0.1, 0.15) is 25.0 Å². The van der Waals surface area contributed by atoms with E-state index in [0.29, 0.717) is 0 Å². The van der Waals surface area contributed by atoms with Gasteiger partial charge in [-0.2, -0.15) is 0 Å². The number of benzene rings is 8. The minimum atomic E-state index is -0.248. The van der Waals surface area contributed by atoms with Crippen LogP contribution in [0.3, 0.4) is 0 Å². The van der Waals surface area contributed by atoms with E-state index in [1.807, 2.05) is 0 Å². The number of para-hydroxylation sites is 3. The fourth-order valence-corrected chi connectivity index (χ4v) is 8.35. The van der Waals surface area contributed by atoms with E-state index in [0.717, 1.165) is 51.1 Å². The number of nitrogens with zero attached hydrogens (tertiary/aromatic N) is 2. The number of hydrogen-bond acceptors (Lipinski definition) is 3. The summed E-state index contributed by atoms with van der Waals surface area (Å²) < 4.78 is 7.14. The molecule has 0 spiro atoms. The quantitative estimate of drug-likeness (QED) is 0.172. The van der Waals surface area contributed by atoms with Gasteiger partial charge in [-0.3, -0.25) is 0 Å². The van der Waals surface area contributed by atoms with Crippen LogP contribution in [0.25, 0.3) is 33.4 Å². The standard InChI is InChI=1S/C51H38N2O/c1-51(2)42-23-14-27-48-49(42)53(45-33-30-39(34-43(45)51)36-18-8-4-9-19-36)47-26-15-25-46(50(47)54-48)52(40-31-28-37(29-32-40)35-16-6-3-7-17-35)44-24-13-12-22-41(44)38-20-10-5-11-21-38/h3-34H,1-2H3. The average molecular weight is 695 g/mol. The minimum absolute atomic E-state index is 0.248. The molecule has 0 N–H and O–H groups in total. The summed E-state index contributed by atoms with van der Waals surface area (Å²) in [6.45, 7) is 4.67. The van der Waals surface area contributed by atoms with Gasteiger partial charge in [0.2, 0.25) is 0 Å². The molecule has 3 heteroatoms. The lowest BCUT2D eigenvalue weighted by Crippen LogP contribution is -2.32. The summed E-state index contributed by atoms with van der Waals surface area (Å²) in [7, 11) is 0. The molecular weight excluding hydrogens is 657 g/mol. The highest BCUT2D eigenvalue weighted by Crippen LogP contribution is 2.62. The Kier molecular flexibility index (Phi) is 7.48. The third kappa shape index (κ3) is 5.12. The minimum Gasteiger partial charge on any atom is -0.451 e. The van der Waals surface area contributed by atoms with Crippen LogP contribution in [0, 0.1) is 0 Å². The molecule has 0 bridgehead atoms. The second-order valence-corrected chi connectivity index (χ2v) is 14.6. The van der Waals surface area contributed by atoms with Crippen molar-refractivity contribution in [1.82, 2.24) is 0 Å². The molecular formula is C51H38N2O. The molecule has 0 amide bonds. The molecule has 54 heavy (non-hydrogen) atoms. The van der Waals surface area contributed by atoms with E-state index in [9.17, 15) is 0 Å². The van der Waals surface area contributed by atoms with Crippen LogP contribution in [0.2, 0.25) is 0 Å². The van der Waals surface area contributed by atoms with E-state index in [-0.39, 0.29) is 5.41 Å². The van der Waals surface area contributed by atoms with Gasteiger partial charge < -0.3 is 14.5 Å². The van der Waals surface area contributed by atoms with Gasteiger partial charge >= 0.3 is 0 Å². The van der Waals surface area contributed by atoms with Crippen LogP contribution >= 0.6 is 0 Å². The highest BCUT2D eigenvalue weighted by atomic mass is 16.5. The zero-order valence-electron chi connectivity index (χ0n) is 30.3. The van der Waals surface area contributed by atoms with Gasteiger partial charge in [0.25, 0.3) is 0 Å². The highest BCUT2D eigenvalue weighted by Gasteiger charge is 2.42. The van der Waals surface area contributed by atoms with Crippen LogP contribution in [0.5, 0.6) is 11.5 Å². The lowest BCUT2D eigenvalue weighted by molar-refractivity contribution is 0.472. The van der Waals surface area contributed by atoms with Gasteiger partial charge in [0, 0.05) is 16.7 Å². The maximum Gasteiger partial charge on any atom is 0.175 e. The van der Waals surface area contributed by atoms with Gasteiger partial charge in [-0.25, -0.2) is 0 Å². The number of anilines is 6. The molecule has 0 atom stereocenters. The number of hydrogen-bond donors (Lipinski definition) is 0. The molecule has 2 heterocycles. The fraction of sp³-hybridized carbons (Fsp3) is 0.0588. The van der Waals surface area contributed by atoms with Crippen LogP contribution in [0.4, 0.5) is 34.1 Å². The third-order valence-corrected chi connectivity index (χ3v) is 11.0. The molecule has 10 rings (SSSR count). The molecule has 0 saturated heterocycles. The summed E-state index contributed by atoms with van der Waals surface area (Å²) in [5.74, 6) is 1.67. The second-order valence-electron chi connectivity index (χ2n) is 14.6. The third-order valence-electron chi connectivity index (χ3n) is 11.0. The molecule has 258 valence electrons. The van der Waals surface area contributed by atoms with Gasteiger partial charge in [0.1, 0.15) is 0 Å². The number of fused-ring (bicyclic) bond motifs is 4. The Morgan fingerprint density at radius 2 is 1.02 bits per heavy atom. The summed E-state index contributed by atoms with van der Waals surface area (Å²) >= 11 is 0. The van der Waals surface area contributed by atoms with E-state index < -0.39 is 0 Å². The Hall–Kier alpha value is -6.84. The predicted molar refractivity (Wildman–Crippen MR) is 224 cm³/mol. The van der Waals surface area contributed by atoms with Gasteiger partial charge in [0.05, 0.1) is 28.4 Å². The normalized spacial score (nSPS) is 13.3. The van der Waals surface area contributed by atoms with E-state index >= 15 is 0 Å². The second kappa shape index (κ2) is 12.7. The Balaban J connectivity index is 1.19. The maximum absolute atomic E-state index is 7.14. The van der Waals surface area contributed by atoms with Gasteiger partial charge in [-0.15, -0.1) is 0 Å². The van der Waals surface area contributed by atoms with E-state index in [2.05, 4.69) is 218 Å². The SMILES string of the molecule is CC1(C)c2cc(-c3ccccc3)ccc2N2c3cccc(N(c4ccc(-c5ccccc5)cc4)c4ccccc4-c4ccccc4)c3Oc3cccc1c32. The first kappa shape index (κ1) is 31.9. The molecule has 0 radical (unpaired) electrons. The summed E-state index contributed by atoms with van der Waals surface area (Å²) in [4.78, 5) is 4.79. The van der Waals surface area contributed by atoms with Crippen LogP contribution in [0.15, 0.2) is 194 Å². The molecule has 8 aromatic carbocycles.